The lowest BCUT2D eigenvalue weighted by molar-refractivity contribution is 0.0746. The second-order valence-electron chi connectivity index (χ2n) is 9.99. The molecule has 1 amide bonds. The van der Waals surface area contributed by atoms with Gasteiger partial charge in [0.2, 0.25) is 0 Å². The van der Waals surface area contributed by atoms with Gasteiger partial charge in [-0.1, -0.05) is 74.3 Å². The fourth-order valence-electron chi connectivity index (χ4n) is 4.22. The average molecular weight is 511 g/mol. The Balaban J connectivity index is 1.66. The molecule has 3 nitrogen and oxygen atoms in total. The van der Waals surface area contributed by atoms with E-state index in [0.29, 0.717) is 51.6 Å². The number of aromatic nitrogens is 1. The van der Waals surface area contributed by atoms with E-state index in [1.54, 1.807) is 31.3 Å². The van der Waals surface area contributed by atoms with E-state index in [4.69, 9.17) is 23.2 Å². The van der Waals surface area contributed by atoms with Crippen molar-refractivity contribution in [2.24, 2.45) is 0 Å². The van der Waals surface area contributed by atoms with Crippen molar-refractivity contribution in [3.63, 3.8) is 0 Å². The third-order valence-electron chi connectivity index (χ3n) is 6.33. The number of rotatable bonds is 6. The summed E-state index contributed by atoms with van der Waals surface area (Å²) in [5.74, 6) is -0.460. The number of H-pyrrole nitrogens is 1. The van der Waals surface area contributed by atoms with Crippen molar-refractivity contribution in [1.29, 1.82) is 0 Å². The van der Waals surface area contributed by atoms with Gasteiger partial charge in [-0.2, -0.15) is 0 Å². The molecule has 0 atom stereocenters. The summed E-state index contributed by atoms with van der Waals surface area (Å²) in [6, 6.07) is 17.2. The van der Waals surface area contributed by atoms with Gasteiger partial charge < -0.3 is 9.88 Å². The van der Waals surface area contributed by atoms with Crippen molar-refractivity contribution >= 4 is 40.0 Å². The summed E-state index contributed by atoms with van der Waals surface area (Å²) in [6.45, 7) is 9.11. The van der Waals surface area contributed by atoms with Gasteiger partial charge in [0.25, 0.3) is 5.91 Å². The van der Waals surface area contributed by atoms with E-state index in [2.05, 4.69) is 50.0 Å². The largest absolute Gasteiger partial charge is 0.360 e. The molecular weight excluding hydrogens is 482 g/mol. The first-order chi connectivity index (χ1) is 16.5. The molecule has 35 heavy (non-hydrogen) atoms. The van der Waals surface area contributed by atoms with Crippen LogP contribution in [0.1, 0.15) is 53.4 Å². The first kappa shape index (κ1) is 25.3. The SMILES string of the molecule is Cc1cc(C(=O)N(CCc2ccc(Cl)c(Cl)c2)Cc2ccc(C(C)(C)C)cc2)c2[nH]ccc2c1F. The number of carbonyl (C=O) groups excluding carboxylic acids is 1. The molecule has 0 bridgehead atoms. The van der Waals surface area contributed by atoms with E-state index in [1.165, 1.54) is 5.56 Å². The molecule has 1 heterocycles. The second-order valence-corrected chi connectivity index (χ2v) is 10.8. The van der Waals surface area contributed by atoms with Crippen molar-refractivity contribution in [3.05, 3.63) is 104 Å². The maximum absolute atomic E-state index is 14.6. The Bertz CT molecular complexity index is 1370. The Kier molecular flexibility index (Phi) is 7.25. The number of aromatic amines is 1. The van der Waals surface area contributed by atoms with Crippen LogP contribution >= 0.6 is 23.2 Å². The molecule has 0 unspecified atom stereocenters. The van der Waals surface area contributed by atoms with E-state index in [0.717, 1.165) is 11.1 Å². The zero-order chi connectivity index (χ0) is 25.3. The number of benzene rings is 3. The maximum atomic E-state index is 14.6. The zero-order valence-corrected chi connectivity index (χ0v) is 21.9. The number of nitrogens with zero attached hydrogens (tertiary/aromatic N) is 1. The molecule has 0 aliphatic rings. The molecule has 0 aliphatic carbocycles. The Morgan fingerprint density at radius 2 is 1.66 bits per heavy atom. The van der Waals surface area contributed by atoms with Crippen LogP contribution in [0, 0.1) is 12.7 Å². The Morgan fingerprint density at radius 3 is 2.31 bits per heavy atom. The molecule has 4 rings (SSSR count). The molecule has 182 valence electrons. The number of halogens is 3. The van der Waals surface area contributed by atoms with Gasteiger partial charge in [0.05, 0.1) is 21.1 Å². The molecule has 0 fully saturated rings. The van der Waals surface area contributed by atoms with Crippen molar-refractivity contribution in [2.45, 2.75) is 46.1 Å². The highest BCUT2D eigenvalue weighted by atomic mass is 35.5. The minimum atomic E-state index is -0.307. The van der Waals surface area contributed by atoms with E-state index in [1.807, 2.05) is 17.0 Å². The lowest BCUT2D eigenvalue weighted by Crippen LogP contribution is -2.33. The lowest BCUT2D eigenvalue weighted by Gasteiger charge is -2.25. The van der Waals surface area contributed by atoms with E-state index in [-0.39, 0.29) is 17.1 Å². The smallest absolute Gasteiger partial charge is 0.256 e. The van der Waals surface area contributed by atoms with E-state index < -0.39 is 0 Å². The molecular formula is C29H29Cl2FN2O. The Morgan fingerprint density at radius 1 is 0.971 bits per heavy atom. The van der Waals surface area contributed by atoms with Gasteiger partial charge in [-0.25, -0.2) is 4.39 Å². The van der Waals surface area contributed by atoms with Crippen molar-refractivity contribution in [1.82, 2.24) is 9.88 Å². The number of fused-ring (bicyclic) bond motifs is 1. The third kappa shape index (κ3) is 5.55. The molecule has 0 saturated carbocycles. The summed E-state index contributed by atoms with van der Waals surface area (Å²) in [5, 5.41) is 1.41. The Labute approximate surface area is 215 Å². The van der Waals surface area contributed by atoms with Crippen molar-refractivity contribution in [2.75, 3.05) is 6.54 Å². The van der Waals surface area contributed by atoms with Gasteiger partial charge in [0.1, 0.15) is 5.82 Å². The fraction of sp³-hybridized carbons (Fsp3) is 0.276. The number of aryl methyl sites for hydroxylation is 1. The maximum Gasteiger partial charge on any atom is 0.256 e. The van der Waals surface area contributed by atoms with Gasteiger partial charge in [0, 0.05) is 24.7 Å². The molecule has 1 N–H and O–H groups in total. The molecule has 1 aromatic heterocycles. The van der Waals surface area contributed by atoms with Gasteiger partial charge in [-0.3, -0.25) is 4.79 Å². The van der Waals surface area contributed by atoms with Crippen LogP contribution in [0.3, 0.4) is 0 Å². The number of carbonyl (C=O) groups is 1. The number of hydrogen-bond acceptors (Lipinski definition) is 1. The predicted molar refractivity (Wildman–Crippen MR) is 143 cm³/mol. The monoisotopic (exact) mass is 510 g/mol. The molecule has 0 aliphatic heterocycles. The quantitative estimate of drug-likeness (QED) is 0.279. The minimum Gasteiger partial charge on any atom is -0.360 e. The molecule has 0 saturated heterocycles. The molecule has 6 heteroatoms. The first-order valence-electron chi connectivity index (χ1n) is 11.6. The van der Waals surface area contributed by atoms with Crippen LogP contribution in [0.25, 0.3) is 10.9 Å². The van der Waals surface area contributed by atoms with E-state index >= 15 is 0 Å². The Hall–Kier alpha value is -2.82. The molecule has 0 radical (unpaired) electrons. The van der Waals surface area contributed by atoms with Crippen LogP contribution in [-0.4, -0.2) is 22.3 Å². The topological polar surface area (TPSA) is 36.1 Å². The summed E-state index contributed by atoms with van der Waals surface area (Å²) in [6.07, 6.45) is 2.27. The van der Waals surface area contributed by atoms with Crippen LogP contribution in [0.5, 0.6) is 0 Å². The third-order valence-corrected chi connectivity index (χ3v) is 7.06. The molecule has 3 aromatic carbocycles. The second kappa shape index (κ2) is 10.0. The summed E-state index contributed by atoms with van der Waals surface area (Å²) >= 11 is 12.3. The van der Waals surface area contributed by atoms with Crippen LogP contribution in [0.2, 0.25) is 10.0 Å². The van der Waals surface area contributed by atoms with Crippen molar-refractivity contribution in [3.8, 4) is 0 Å². The summed E-state index contributed by atoms with van der Waals surface area (Å²) in [4.78, 5) is 18.7. The highest BCUT2D eigenvalue weighted by Gasteiger charge is 2.22. The zero-order valence-electron chi connectivity index (χ0n) is 20.4. The number of nitrogens with one attached hydrogen (secondary N) is 1. The summed E-state index contributed by atoms with van der Waals surface area (Å²) < 4.78 is 14.6. The van der Waals surface area contributed by atoms with Crippen LogP contribution in [0.4, 0.5) is 4.39 Å². The summed E-state index contributed by atoms with van der Waals surface area (Å²) in [5.41, 5.74) is 4.72. The van der Waals surface area contributed by atoms with Crippen LogP contribution in [0.15, 0.2) is 60.8 Å². The van der Waals surface area contributed by atoms with Crippen LogP contribution < -0.4 is 0 Å². The lowest BCUT2D eigenvalue weighted by atomic mass is 9.87. The highest BCUT2D eigenvalue weighted by Crippen LogP contribution is 2.27. The predicted octanol–water partition coefficient (Wildman–Crippen LogP) is 8.10. The minimum absolute atomic E-state index is 0.0484. The number of amides is 1. The van der Waals surface area contributed by atoms with E-state index in [9.17, 15) is 9.18 Å². The number of hydrogen-bond donors (Lipinski definition) is 1. The van der Waals surface area contributed by atoms with Gasteiger partial charge in [-0.05, 0) is 65.3 Å². The van der Waals surface area contributed by atoms with Gasteiger partial charge in [-0.15, -0.1) is 0 Å². The van der Waals surface area contributed by atoms with Gasteiger partial charge in [0.15, 0.2) is 0 Å². The normalized spacial score (nSPS) is 11.7. The first-order valence-corrected chi connectivity index (χ1v) is 12.4. The standard InChI is InChI=1S/C29H29Cl2FN2O/c1-18-15-23(27-22(26(18)32)11-13-33-27)28(35)34(14-12-19-7-10-24(30)25(31)16-19)17-20-5-8-21(9-6-20)29(2,3)4/h5-11,13,15-16,33H,12,14,17H2,1-4H3. The molecule has 4 aromatic rings. The summed E-state index contributed by atoms with van der Waals surface area (Å²) in [7, 11) is 0. The van der Waals surface area contributed by atoms with Gasteiger partial charge >= 0.3 is 0 Å². The fourth-order valence-corrected chi connectivity index (χ4v) is 4.54. The molecule has 0 spiro atoms. The average Bonchev–Trinajstić information content (AvgIpc) is 3.31. The highest BCUT2D eigenvalue weighted by molar-refractivity contribution is 6.42. The van der Waals surface area contributed by atoms with Crippen molar-refractivity contribution < 1.29 is 9.18 Å². The van der Waals surface area contributed by atoms with Crippen LogP contribution in [-0.2, 0) is 18.4 Å².